The maximum Gasteiger partial charge on any atom is 0.410 e. The van der Waals surface area contributed by atoms with E-state index in [-0.39, 0.29) is 24.7 Å². The summed E-state index contributed by atoms with van der Waals surface area (Å²) in [5.74, 6) is 0.135. The number of hydrogen-bond acceptors (Lipinski definition) is 5. The Hall–Kier alpha value is -2.93. The van der Waals surface area contributed by atoms with Crippen LogP contribution in [-0.4, -0.2) is 39.0 Å². The van der Waals surface area contributed by atoms with Crippen molar-refractivity contribution in [1.29, 1.82) is 0 Å². The van der Waals surface area contributed by atoms with Crippen molar-refractivity contribution in [2.45, 2.75) is 25.5 Å². The Kier molecular flexibility index (Phi) is 5.02. The van der Waals surface area contributed by atoms with E-state index in [2.05, 4.69) is 15.0 Å². The SMILES string of the molecule is NC(c1ncnc2[nH]ccc12)C1CCCN(C(=O)OCc2ccccc2)C1. The van der Waals surface area contributed by atoms with Gasteiger partial charge in [0.15, 0.2) is 0 Å². The number of carbonyl (C=O) groups excluding carboxylic acids is 1. The number of likely N-dealkylation sites (tertiary alicyclic amines) is 1. The van der Waals surface area contributed by atoms with Gasteiger partial charge in [-0.3, -0.25) is 0 Å². The normalized spacial score (nSPS) is 18.4. The van der Waals surface area contributed by atoms with Crippen molar-refractivity contribution in [3.05, 3.63) is 60.2 Å². The molecule has 2 unspecified atom stereocenters. The van der Waals surface area contributed by atoms with Gasteiger partial charge in [0.1, 0.15) is 18.6 Å². The summed E-state index contributed by atoms with van der Waals surface area (Å²) >= 11 is 0. The summed E-state index contributed by atoms with van der Waals surface area (Å²) in [7, 11) is 0. The second-order valence-corrected chi connectivity index (χ2v) is 6.91. The van der Waals surface area contributed by atoms with E-state index in [0.29, 0.717) is 13.1 Å². The van der Waals surface area contributed by atoms with Crippen molar-refractivity contribution in [1.82, 2.24) is 19.9 Å². The van der Waals surface area contributed by atoms with Gasteiger partial charge < -0.3 is 20.4 Å². The number of ether oxygens (including phenoxy) is 1. The second kappa shape index (κ2) is 7.75. The van der Waals surface area contributed by atoms with Gasteiger partial charge in [0.2, 0.25) is 0 Å². The van der Waals surface area contributed by atoms with Crippen LogP contribution in [0.25, 0.3) is 11.0 Å². The average molecular weight is 365 g/mol. The molecule has 0 aliphatic carbocycles. The van der Waals surface area contributed by atoms with Gasteiger partial charge in [-0.05, 0) is 30.4 Å². The number of benzene rings is 1. The first kappa shape index (κ1) is 17.5. The minimum atomic E-state index is -0.287. The van der Waals surface area contributed by atoms with Gasteiger partial charge in [-0.15, -0.1) is 0 Å². The Labute approximate surface area is 157 Å². The molecule has 140 valence electrons. The second-order valence-electron chi connectivity index (χ2n) is 6.91. The Morgan fingerprint density at radius 2 is 2.15 bits per heavy atom. The smallest absolute Gasteiger partial charge is 0.410 e. The minimum absolute atomic E-state index is 0.135. The molecule has 1 saturated heterocycles. The predicted molar refractivity (Wildman–Crippen MR) is 102 cm³/mol. The molecule has 27 heavy (non-hydrogen) atoms. The first-order chi connectivity index (χ1) is 13.2. The standard InChI is InChI=1S/C20H23N5O2/c21-17(18-16-8-9-22-19(16)24-13-23-18)15-7-4-10-25(11-15)20(26)27-12-14-5-2-1-3-6-14/h1-3,5-6,8-9,13,15,17H,4,7,10-12,21H2,(H,22,23,24). The fourth-order valence-corrected chi connectivity index (χ4v) is 3.66. The van der Waals surface area contributed by atoms with Gasteiger partial charge in [0.05, 0.1) is 11.7 Å². The molecule has 0 radical (unpaired) electrons. The van der Waals surface area contributed by atoms with E-state index in [1.807, 2.05) is 42.6 Å². The molecule has 3 N–H and O–H groups in total. The molecule has 4 rings (SSSR count). The van der Waals surface area contributed by atoms with E-state index in [9.17, 15) is 4.79 Å². The number of carbonyl (C=O) groups is 1. The largest absolute Gasteiger partial charge is 0.445 e. The molecule has 2 aromatic heterocycles. The molecular formula is C20H23N5O2. The highest BCUT2D eigenvalue weighted by molar-refractivity contribution is 5.78. The molecule has 3 heterocycles. The lowest BCUT2D eigenvalue weighted by molar-refractivity contribution is 0.0755. The fourth-order valence-electron chi connectivity index (χ4n) is 3.66. The van der Waals surface area contributed by atoms with Crippen molar-refractivity contribution in [2.75, 3.05) is 13.1 Å². The molecule has 3 aromatic rings. The number of H-pyrrole nitrogens is 1. The van der Waals surface area contributed by atoms with Crippen molar-refractivity contribution in [3.63, 3.8) is 0 Å². The van der Waals surface area contributed by atoms with Gasteiger partial charge in [0, 0.05) is 24.7 Å². The zero-order chi connectivity index (χ0) is 18.6. The summed E-state index contributed by atoms with van der Waals surface area (Å²) in [5.41, 5.74) is 9.13. The van der Waals surface area contributed by atoms with Crippen LogP contribution in [0.5, 0.6) is 0 Å². The van der Waals surface area contributed by atoms with Gasteiger partial charge in [0.25, 0.3) is 0 Å². The Morgan fingerprint density at radius 1 is 1.30 bits per heavy atom. The lowest BCUT2D eigenvalue weighted by Crippen LogP contribution is -2.43. The van der Waals surface area contributed by atoms with Crippen LogP contribution in [0.15, 0.2) is 48.9 Å². The number of nitrogens with zero attached hydrogens (tertiary/aromatic N) is 3. The Morgan fingerprint density at radius 3 is 3.00 bits per heavy atom. The third-order valence-electron chi connectivity index (χ3n) is 5.13. The Bertz CT molecular complexity index is 911. The topological polar surface area (TPSA) is 97.1 Å². The van der Waals surface area contributed by atoms with Crippen molar-refractivity contribution < 1.29 is 9.53 Å². The molecule has 1 aliphatic heterocycles. The quantitative estimate of drug-likeness (QED) is 0.741. The molecule has 0 saturated carbocycles. The van der Waals surface area contributed by atoms with E-state index >= 15 is 0 Å². The number of aromatic amines is 1. The summed E-state index contributed by atoms with van der Waals surface area (Å²) in [5, 5.41) is 0.939. The number of fused-ring (bicyclic) bond motifs is 1. The van der Waals surface area contributed by atoms with Gasteiger partial charge in [-0.2, -0.15) is 0 Å². The number of piperidine rings is 1. The zero-order valence-corrected chi connectivity index (χ0v) is 15.0. The first-order valence-corrected chi connectivity index (χ1v) is 9.21. The highest BCUT2D eigenvalue weighted by atomic mass is 16.6. The van der Waals surface area contributed by atoms with Crippen LogP contribution in [-0.2, 0) is 11.3 Å². The van der Waals surface area contributed by atoms with Crippen LogP contribution in [0.2, 0.25) is 0 Å². The molecule has 1 aromatic carbocycles. The van der Waals surface area contributed by atoms with Crippen LogP contribution in [0.1, 0.15) is 30.1 Å². The van der Waals surface area contributed by atoms with Crippen LogP contribution in [0, 0.1) is 5.92 Å². The Balaban J connectivity index is 1.41. The molecule has 1 aliphatic rings. The molecule has 2 atom stereocenters. The molecule has 0 bridgehead atoms. The number of nitrogens with two attached hydrogens (primary N) is 1. The maximum absolute atomic E-state index is 12.5. The summed E-state index contributed by atoms with van der Waals surface area (Å²) in [6, 6.07) is 11.4. The molecule has 7 nitrogen and oxygen atoms in total. The van der Waals surface area contributed by atoms with Gasteiger partial charge in [-0.25, -0.2) is 14.8 Å². The average Bonchev–Trinajstić information content (AvgIpc) is 3.21. The van der Waals surface area contributed by atoms with Crippen LogP contribution in [0.4, 0.5) is 4.79 Å². The summed E-state index contributed by atoms with van der Waals surface area (Å²) < 4.78 is 5.47. The fraction of sp³-hybridized carbons (Fsp3) is 0.350. The number of aromatic nitrogens is 3. The van der Waals surface area contributed by atoms with E-state index < -0.39 is 0 Å². The molecule has 7 heteroatoms. The summed E-state index contributed by atoms with van der Waals surface area (Å²) in [6.45, 7) is 1.55. The third-order valence-corrected chi connectivity index (χ3v) is 5.13. The van der Waals surface area contributed by atoms with E-state index in [1.165, 1.54) is 6.33 Å². The zero-order valence-electron chi connectivity index (χ0n) is 15.0. The number of nitrogens with one attached hydrogen (secondary N) is 1. The monoisotopic (exact) mass is 365 g/mol. The third kappa shape index (κ3) is 3.78. The van der Waals surface area contributed by atoms with Crippen LogP contribution < -0.4 is 5.73 Å². The molecular weight excluding hydrogens is 342 g/mol. The lowest BCUT2D eigenvalue weighted by Gasteiger charge is -2.34. The lowest BCUT2D eigenvalue weighted by atomic mass is 9.88. The highest BCUT2D eigenvalue weighted by Gasteiger charge is 2.30. The van der Waals surface area contributed by atoms with Crippen molar-refractivity contribution in [2.24, 2.45) is 11.7 Å². The van der Waals surface area contributed by atoms with Gasteiger partial charge >= 0.3 is 6.09 Å². The molecule has 1 amide bonds. The maximum atomic E-state index is 12.5. The molecule has 0 spiro atoms. The first-order valence-electron chi connectivity index (χ1n) is 9.21. The minimum Gasteiger partial charge on any atom is -0.445 e. The molecule has 1 fully saturated rings. The highest BCUT2D eigenvalue weighted by Crippen LogP contribution is 2.30. The predicted octanol–water partition coefficient (Wildman–Crippen LogP) is 3.01. The van der Waals surface area contributed by atoms with Crippen LogP contribution in [0.3, 0.4) is 0 Å². The number of rotatable bonds is 4. The summed E-state index contributed by atoms with van der Waals surface area (Å²) in [6.07, 6.45) is 4.94. The summed E-state index contributed by atoms with van der Waals surface area (Å²) in [4.78, 5) is 25.9. The van der Waals surface area contributed by atoms with Gasteiger partial charge in [-0.1, -0.05) is 30.3 Å². The van der Waals surface area contributed by atoms with Crippen LogP contribution >= 0.6 is 0 Å². The van der Waals surface area contributed by atoms with E-state index in [4.69, 9.17) is 10.5 Å². The van der Waals surface area contributed by atoms with E-state index in [1.54, 1.807) is 4.90 Å². The van der Waals surface area contributed by atoms with E-state index in [0.717, 1.165) is 35.1 Å². The van der Waals surface area contributed by atoms with Crippen molar-refractivity contribution in [3.8, 4) is 0 Å². The number of hydrogen-bond donors (Lipinski definition) is 2. The number of amides is 1. The van der Waals surface area contributed by atoms with Crippen molar-refractivity contribution >= 4 is 17.1 Å².